The first-order chi connectivity index (χ1) is 12.3. The molecular formula is C20H20O5. The summed E-state index contributed by atoms with van der Waals surface area (Å²) in [4.78, 5) is 12.4. The minimum Gasteiger partial charge on any atom is -0.456 e. The third-order valence-electron chi connectivity index (χ3n) is 4.50. The first-order valence-corrected chi connectivity index (χ1v) is 8.51. The fourth-order valence-electron chi connectivity index (χ4n) is 3.21. The summed E-state index contributed by atoms with van der Waals surface area (Å²) < 4.78 is 23.4. The van der Waals surface area contributed by atoms with Crippen LogP contribution in [-0.2, 0) is 18.9 Å². The minimum atomic E-state index is -0.470. The van der Waals surface area contributed by atoms with Gasteiger partial charge in [0.1, 0.15) is 18.3 Å². The Morgan fingerprint density at radius 2 is 1.68 bits per heavy atom. The van der Waals surface area contributed by atoms with Gasteiger partial charge in [-0.15, -0.1) is 0 Å². The molecule has 0 aliphatic carbocycles. The third-order valence-corrected chi connectivity index (χ3v) is 4.50. The van der Waals surface area contributed by atoms with E-state index in [9.17, 15) is 4.79 Å². The fraction of sp³-hybridized carbons (Fsp3) is 0.350. The topological polar surface area (TPSA) is 54.0 Å². The molecule has 2 saturated heterocycles. The number of carbonyl (C=O) groups is 1. The molecule has 4 atom stereocenters. The first kappa shape index (κ1) is 16.3. The monoisotopic (exact) mass is 340 g/mol. The van der Waals surface area contributed by atoms with Gasteiger partial charge < -0.3 is 18.9 Å². The van der Waals surface area contributed by atoms with E-state index in [4.69, 9.17) is 18.9 Å². The Balaban J connectivity index is 1.48. The molecule has 0 amide bonds. The molecule has 2 aliphatic rings. The third kappa shape index (κ3) is 3.58. The van der Waals surface area contributed by atoms with Crippen LogP contribution in [0.2, 0.25) is 0 Å². The molecule has 0 bridgehead atoms. The van der Waals surface area contributed by atoms with Crippen LogP contribution in [0.1, 0.15) is 28.6 Å². The number of esters is 1. The summed E-state index contributed by atoms with van der Waals surface area (Å²) in [5.41, 5.74) is 1.48. The number of hydrogen-bond donors (Lipinski definition) is 0. The molecule has 2 fully saturated rings. The normalized spacial score (nSPS) is 28.8. The maximum Gasteiger partial charge on any atom is 0.338 e. The molecule has 0 aromatic heterocycles. The number of hydrogen-bond acceptors (Lipinski definition) is 5. The van der Waals surface area contributed by atoms with E-state index >= 15 is 0 Å². The largest absolute Gasteiger partial charge is 0.456 e. The molecule has 1 unspecified atom stereocenters. The van der Waals surface area contributed by atoms with Gasteiger partial charge in [0, 0.05) is 12.0 Å². The Hall–Kier alpha value is -2.21. The van der Waals surface area contributed by atoms with Crippen LogP contribution in [-0.4, -0.2) is 37.5 Å². The second-order valence-electron chi connectivity index (χ2n) is 6.18. The zero-order chi connectivity index (χ0) is 17.1. The number of rotatable bonds is 3. The van der Waals surface area contributed by atoms with E-state index < -0.39 is 6.29 Å². The maximum atomic E-state index is 12.4. The van der Waals surface area contributed by atoms with Gasteiger partial charge in [-0.1, -0.05) is 48.5 Å². The van der Waals surface area contributed by atoms with Gasteiger partial charge in [-0.05, 0) is 12.1 Å². The van der Waals surface area contributed by atoms with Crippen LogP contribution >= 0.6 is 0 Å². The Bertz CT molecular complexity index is 703. The van der Waals surface area contributed by atoms with Gasteiger partial charge in [-0.2, -0.15) is 0 Å². The lowest BCUT2D eigenvalue weighted by Gasteiger charge is -2.42. The summed E-state index contributed by atoms with van der Waals surface area (Å²) in [5, 5.41) is 0. The summed E-state index contributed by atoms with van der Waals surface area (Å²) in [6, 6.07) is 18.7. The maximum absolute atomic E-state index is 12.4. The van der Waals surface area contributed by atoms with Crippen molar-refractivity contribution in [3.63, 3.8) is 0 Å². The molecule has 0 radical (unpaired) electrons. The van der Waals surface area contributed by atoms with Crippen molar-refractivity contribution in [3.8, 4) is 0 Å². The van der Waals surface area contributed by atoms with Crippen molar-refractivity contribution < 1.29 is 23.7 Å². The quantitative estimate of drug-likeness (QED) is 0.804. The lowest BCUT2D eigenvalue weighted by Crippen LogP contribution is -2.53. The molecule has 0 spiro atoms. The summed E-state index contributed by atoms with van der Waals surface area (Å²) >= 11 is 0. The molecule has 2 aromatic carbocycles. The van der Waals surface area contributed by atoms with Crippen molar-refractivity contribution >= 4 is 5.97 Å². The minimum absolute atomic E-state index is 0.220. The van der Waals surface area contributed by atoms with Crippen molar-refractivity contribution in [2.45, 2.75) is 31.0 Å². The Morgan fingerprint density at radius 1 is 0.960 bits per heavy atom. The van der Waals surface area contributed by atoms with Crippen molar-refractivity contribution in [2.75, 3.05) is 13.2 Å². The highest BCUT2D eigenvalue weighted by Crippen LogP contribution is 2.33. The lowest BCUT2D eigenvalue weighted by atomic mass is 10.0. The number of benzene rings is 2. The SMILES string of the molecule is O=C(O[C@@H]1CCO[C@@H]2COC(c3ccccc3)O[C@H]21)c1ccccc1. The van der Waals surface area contributed by atoms with Crippen LogP contribution in [0.5, 0.6) is 0 Å². The molecular weight excluding hydrogens is 320 g/mol. The van der Waals surface area contributed by atoms with Crippen molar-refractivity contribution in [1.82, 2.24) is 0 Å². The van der Waals surface area contributed by atoms with Crippen molar-refractivity contribution in [2.24, 2.45) is 0 Å². The predicted octanol–water partition coefficient (Wildman–Crippen LogP) is 3.12. The van der Waals surface area contributed by atoms with E-state index in [0.717, 1.165) is 5.56 Å². The zero-order valence-corrected chi connectivity index (χ0v) is 13.7. The number of carbonyl (C=O) groups excluding carboxylic acids is 1. The Labute approximate surface area is 146 Å². The van der Waals surface area contributed by atoms with Gasteiger partial charge in [-0.3, -0.25) is 0 Å². The number of ether oxygens (including phenoxy) is 4. The molecule has 25 heavy (non-hydrogen) atoms. The summed E-state index contributed by atoms with van der Waals surface area (Å²) in [5.74, 6) is -0.336. The van der Waals surface area contributed by atoms with Crippen LogP contribution in [0.4, 0.5) is 0 Å². The van der Waals surface area contributed by atoms with E-state index in [1.54, 1.807) is 12.1 Å². The van der Waals surface area contributed by atoms with Gasteiger partial charge in [0.05, 0.1) is 18.8 Å². The van der Waals surface area contributed by atoms with Crippen LogP contribution in [0, 0.1) is 0 Å². The van der Waals surface area contributed by atoms with Gasteiger partial charge in [0.2, 0.25) is 0 Å². The standard InChI is InChI=1S/C20H20O5/c21-19(14-7-3-1-4-8-14)24-16-11-12-22-17-13-23-20(25-18(16)17)15-9-5-2-6-10-15/h1-10,16-18,20H,11-13H2/t16-,17-,18+,20?/m1/s1. The molecule has 2 aliphatic heterocycles. The molecule has 5 nitrogen and oxygen atoms in total. The average molecular weight is 340 g/mol. The molecule has 0 N–H and O–H groups in total. The van der Waals surface area contributed by atoms with Crippen LogP contribution in [0.3, 0.4) is 0 Å². The smallest absolute Gasteiger partial charge is 0.338 e. The van der Waals surface area contributed by atoms with E-state index in [0.29, 0.717) is 25.2 Å². The molecule has 5 heteroatoms. The van der Waals surface area contributed by atoms with Crippen LogP contribution < -0.4 is 0 Å². The second-order valence-corrected chi connectivity index (χ2v) is 6.18. The Morgan fingerprint density at radius 3 is 2.44 bits per heavy atom. The highest BCUT2D eigenvalue weighted by atomic mass is 16.7. The summed E-state index contributed by atoms with van der Waals surface area (Å²) in [6.45, 7) is 0.945. The van der Waals surface area contributed by atoms with Crippen LogP contribution in [0.25, 0.3) is 0 Å². The fourth-order valence-corrected chi connectivity index (χ4v) is 3.21. The van der Waals surface area contributed by atoms with Crippen molar-refractivity contribution in [3.05, 3.63) is 71.8 Å². The first-order valence-electron chi connectivity index (χ1n) is 8.51. The summed E-state index contributed by atoms with van der Waals surface area (Å²) in [7, 11) is 0. The van der Waals surface area contributed by atoms with Crippen LogP contribution in [0.15, 0.2) is 60.7 Å². The van der Waals surface area contributed by atoms with Gasteiger partial charge in [-0.25, -0.2) is 4.79 Å². The predicted molar refractivity (Wildman–Crippen MR) is 90.0 cm³/mol. The van der Waals surface area contributed by atoms with Crippen molar-refractivity contribution in [1.29, 1.82) is 0 Å². The highest BCUT2D eigenvalue weighted by molar-refractivity contribution is 5.89. The summed E-state index contributed by atoms with van der Waals surface area (Å²) in [6.07, 6.45) is -0.757. The molecule has 4 rings (SSSR count). The lowest BCUT2D eigenvalue weighted by molar-refractivity contribution is -0.298. The molecule has 2 heterocycles. The zero-order valence-electron chi connectivity index (χ0n) is 13.7. The average Bonchev–Trinajstić information content (AvgIpc) is 2.69. The van der Waals surface area contributed by atoms with E-state index in [-0.39, 0.29) is 24.3 Å². The Kier molecular flexibility index (Phi) is 4.78. The molecule has 0 saturated carbocycles. The second kappa shape index (κ2) is 7.35. The highest BCUT2D eigenvalue weighted by Gasteiger charge is 2.43. The molecule has 130 valence electrons. The van der Waals surface area contributed by atoms with Gasteiger partial charge >= 0.3 is 5.97 Å². The number of fused-ring (bicyclic) bond motifs is 1. The van der Waals surface area contributed by atoms with Gasteiger partial charge in [0.25, 0.3) is 0 Å². The van der Waals surface area contributed by atoms with E-state index in [2.05, 4.69) is 0 Å². The van der Waals surface area contributed by atoms with Gasteiger partial charge in [0.15, 0.2) is 6.29 Å². The van der Waals surface area contributed by atoms with E-state index in [1.807, 2.05) is 48.5 Å². The van der Waals surface area contributed by atoms with E-state index in [1.165, 1.54) is 0 Å². The molecule has 2 aromatic rings.